The molecule has 4 aliphatic rings. The number of benzene rings is 2. The van der Waals surface area contributed by atoms with E-state index < -0.39 is 51.1 Å². The second kappa shape index (κ2) is 9.48. The number of likely N-dealkylation sites (tertiary alicyclic amines) is 1. The minimum Gasteiger partial charge on any atom is -0.508 e. The van der Waals surface area contributed by atoms with E-state index >= 15 is 0 Å². The Morgan fingerprint density at radius 2 is 1.73 bits per heavy atom. The normalized spacial score (nSPS) is 33.1. The number of nitrogens with zero attached hydrogens (tertiary/aromatic N) is 2. The zero-order chi connectivity index (χ0) is 28.7. The molecule has 2 aliphatic heterocycles. The van der Waals surface area contributed by atoms with E-state index in [0.717, 1.165) is 9.80 Å². The van der Waals surface area contributed by atoms with Crippen LogP contribution in [0.3, 0.4) is 0 Å². The number of halogens is 4. The molecule has 6 atom stereocenters. The predicted octanol–water partition coefficient (Wildman–Crippen LogP) is 4.97. The van der Waals surface area contributed by atoms with Crippen LogP contribution in [-0.4, -0.2) is 55.9 Å². The van der Waals surface area contributed by atoms with Crippen molar-refractivity contribution in [2.75, 3.05) is 17.5 Å². The van der Waals surface area contributed by atoms with Gasteiger partial charge in [0.15, 0.2) is 9.75 Å². The second-order valence-corrected chi connectivity index (χ2v) is 12.5. The number of imide groups is 2. The Hall–Kier alpha value is -2.59. The van der Waals surface area contributed by atoms with Gasteiger partial charge in [-0.3, -0.25) is 29.0 Å². The SMILES string of the molecule is COc1cccc(O)c1[C@H]1C2=CC[C@@H]3C(=O)N(c4ccc(Cl)cc4)C(=O)[C@@H]3[C@@H]2C[C@@]2(Cl)C(=O)N(CBr)C(=O)[C@@]12Cl. The van der Waals surface area contributed by atoms with Crippen LogP contribution in [0.15, 0.2) is 54.1 Å². The Morgan fingerprint density at radius 3 is 2.38 bits per heavy atom. The van der Waals surface area contributed by atoms with E-state index in [9.17, 15) is 24.3 Å². The number of methoxy groups -OCH3 is 1. The lowest BCUT2D eigenvalue weighted by atomic mass is 9.56. The van der Waals surface area contributed by atoms with Crippen molar-refractivity contribution in [2.45, 2.75) is 28.5 Å². The van der Waals surface area contributed by atoms with Crippen LogP contribution in [0.5, 0.6) is 11.5 Å². The van der Waals surface area contributed by atoms with Gasteiger partial charge in [0.05, 0.1) is 30.1 Å². The first kappa shape index (κ1) is 27.6. The van der Waals surface area contributed by atoms with Crippen LogP contribution in [-0.2, 0) is 19.2 Å². The summed E-state index contributed by atoms with van der Waals surface area (Å²) in [4.78, 5) is 53.2. The summed E-state index contributed by atoms with van der Waals surface area (Å²) >= 11 is 23.6. The molecule has 2 aliphatic carbocycles. The minimum atomic E-state index is -2.04. The monoisotopic (exact) mass is 666 g/mol. The molecule has 40 heavy (non-hydrogen) atoms. The van der Waals surface area contributed by atoms with Crippen molar-refractivity contribution in [1.29, 1.82) is 0 Å². The summed E-state index contributed by atoms with van der Waals surface area (Å²) in [6.07, 6.45) is 1.84. The maximum atomic E-state index is 14.0. The number of ether oxygens (including phenoxy) is 1. The third-order valence-electron chi connectivity index (χ3n) is 8.65. The molecule has 0 spiro atoms. The number of rotatable bonds is 4. The van der Waals surface area contributed by atoms with Crippen molar-refractivity contribution in [3.8, 4) is 11.5 Å². The number of alkyl halides is 3. The van der Waals surface area contributed by atoms with Crippen LogP contribution in [0.2, 0.25) is 5.02 Å². The van der Waals surface area contributed by atoms with E-state index in [4.69, 9.17) is 39.5 Å². The molecular formula is C28H22BrCl3N2O6. The van der Waals surface area contributed by atoms with Crippen LogP contribution < -0.4 is 9.64 Å². The first-order valence-electron chi connectivity index (χ1n) is 12.5. The average Bonchev–Trinajstić information content (AvgIpc) is 3.27. The van der Waals surface area contributed by atoms with Gasteiger partial charge in [0.2, 0.25) is 11.8 Å². The van der Waals surface area contributed by atoms with Crippen molar-refractivity contribution in [3.05, 3.63) is 64.7 Å². The van der Waals surface area contributed by atoms with Gasteiger partial charge >= 0.3 is 0 Å². The molecule has 2 heterocycles. The molecule has 208 valence electrons. The highest BCUT2D eigenvalue weighted by molar-refractivity contribution is 9.09. The molecule has 0 unspecified atom stereocenters. The number of hydrogen-bond acceptors (Lipinski definition) is 6. The number of anilines is 1. The fourth-order valence-electron chi connectivity index (χ4n) is 6.92. The number of amides is 4. The topological polar surface area (TPSA) is 104 Å². The van der Waals surface area contributed by atoms with Gasteiger partial charge in [-0.15, -0.1) is 23.2 Å². The predicted molar refractivity (Wildman–Crippen MR) is 152 cm³/mol. The Balaban J connectivity index is 1.55. The quantitative estimate of drug-likeness (QED) is 0.214. The highest BCUT2D eigenvalue weighted by Crippen LogP contribution is 2.67. The third kappa shape index (κ3) is 3.44. The van der Waals surface area contributed by atoms with Gasteiger partial charge < -0.3 is 9.84 Å². The number of hydrogen-bond donors (Lipinski definition) is 1. The molecule has 0 aromatic heterocycles. The first-order valence-corrected chi connectivity index (χ1v) is 14.8. The van der Waals surface area contributed by atoms with Crippen LogP contribution in [0.25, 0.3) is 0 Å². The van der Waals surface area contributed by atoms with E-state index in [1.165, 1.54) is 13.2 Å². The highest BCUT2D eigenvalue weighted by atomic mass is 79.9. The number of phenols is 1. The summed E-state index contributed by atoms with van der Waals surface area (Å²) in [5.74, 6) is -5.63. The molecule has 12 heteroatoms. The Labute approximate surface area is 252 Å². The molecule has 3 fully saturated rings. The number of allylic oxidation sites excluding steroid dienone is 2. The van der Waals surface area contributed by atoms with Crippen molar-refractivity contribution in [3.63, 3.8) is 0 Å². The molecule has 2 aromatic carbocycles. The zero-order valence-corrected chi connectivity index (χ0v) is 24.8. The maximum Gasteiger partial charge on any atom is 0.254 e. The molecule has 0 radical (unpaired) electrons. The smallest absolute Gasteiger partial charge is 0.254 e. The van der Waals surface area contributed by atoms with Crippen molar-refractivity contribution >= 4 is 80.0 Å². The van der Waals surface area contributed by atoms with Crippen LogP contribution in [0.1, 0.15) is 24.3 Å². The van der Waals surface area contributed by atoms with Gasteiger partial charge in [0, 0.05) is 16.5 Å². The van der Waals surface area contributed by atoms with E-state index in [1.54, 1.807) is 42.5 Å². The second-order valence-electron chi connectivity index (χ2n) is 10.4. The molecule has 2 saturated heterocycles. The van der Waals surface area contributed by atoms with Crippen LogP contribution in [0, 0.1) is 17.8 Å². The van der Waals surface area contributed by atoms with Crippen molar-refractivity contribution in [2.24, 2.45) is 17.8 Å². The highest BCUT2D eigenvalue weighted by Gasteiger charge is 2.76. The number of carbonyl (C=O) groups is 4. The lowest BCUT2D eigenvalue weighted by Crippen LogP contribution is -2.60. The molecule has 1 saturated carbocycles. The summed E-state index contributed by atoms with van der Waals surface area (Å²) in [5.41, 5.74) is 0.984. The Morgan fingerprint density at radius 1 is 1.02 bits per heavy atom. The standard InChI is InChI=1S/C28H22BrCl3N2O6/c1-40-19-4-2-3-18(35)21(19)22-15-9-10-16-20(24(37)34(23(16)36)14-7-5-13(30)6-8-14)17(15)11-27(31)25(38)33(12-29)26(39)28(22,27)32/h2-9,16-17,20,22,35H,10-12H2,1H3/t16-,17+,20-,22+,27+,28-/m0/s1. The summed E-state index contributed by atoms with van der Waals surface area (Å²) < 4.78 is 5.56. The molecule has 0 bridgehead atoms. The Kier molecular flexibility index (Phi) is 6.53. The number of aromatic hydroxyl groups is 1. The molecule has 1 N–H and O–H groups in total. The van der Waals surface area contributed by atoms with E-state index in [0.29, 0.717) is 16.3 Å². The fourth-order valence-corrected chi connectivity index (χ4v) is 8.45. The summed E-state index contributed by atoms with van der Waals surface area (Å²) in [6, 6.07) is 11.0. The Bertz CT molecular complexity index is 1520. The first-order chi connectivity index (χ1) is 19.0. The lowest BCUT2D eigenvalue weighted by molar-refractivity contribution is -0.138. The van der Waals surface area contributed by atoms with Crippen molar-refractivity contribution < 1.29 is 29.0 Å². The summed E-state index contributed by atoms with van der Waals surface area (Å²) in [7, 11) is 1.41. The molecule has 2 aromatic rings. The van der Waals surface area contributed by atoms with E-state index in [-0.39, 0.29) is 41.3 Å². The van der Waals surface area contributed by atoms with Gasteiger partial charge in [-0.2, -0.15) is 0 Å². The van der Waals surface area contributed by atoms with E-state index in [1.807, 2.05) is 0 Å². The molecule has 6 rings (SSSR count). The summed E-state index contributed by atoms with van der Waals surface area (Å²) in [5, 5.41) is 11.5. The minimum absolute atomic E-state index is 0.143. The zero-order valence-electron chi connectivity index (χ0n) is 20.9. The number of phenolic OH excluding ortho intramolecular Hbond substituents is 1. The van der Waals surface area contributed by atoms with Crippen LogP contribution >= 0.6 is 50.7 Å². The number of fused-ring (bicyclic) bond motifs is 4. The summed E-state index contributed by atoms with van der Waals surface area (Å²) in [6.45, 7) is 0. The van der Waals surface area contributed by atoms with Gasteiger partial charge in [0.1, 0.15) is 11.5 Å². The van der Waals surface area contributed by atoms with Gasteiger partial charge in [-0.05, 0) is 55.2 Å². The molecular weight excluding hydrogens is 647 g/mol. The maximum absolute atomic E-state index is 14.0. The van der Waals surface area contributed by atoms with Crippen molar-refractivity contribution in [1.82, 2.24) is 4.90 Å². The molecule has 4 amide bonds. The van der Waals surface area contributed by atoms with Gasteiger partial charge in [0.25, 0.3) is 11.8 Å². The van der Waals surface area contributed by atoms with E-state index in [2.05, 4.69) is 15.9 Å². The number of carbonyl (C=O) groups excluding carboxylic acids is 4. The van der Waals surface area contributed by atoms with Gasteiger partial charge in [-0.25, -0.2) is 0 Å². The molecule has 8 nitrogen and oxygen atoms in total. The van der Waals surface area contributed by atoms with Crippen LogP contribution in [0.4, 0.5) is 5.69 Å². The fraction of sp³-hybridized carbons (Fsp3) is 0.357. The average molecular weight is 669 g/mol. The lowest BCUT2D eigenvalue weighted by Gasteiger charge is -2.50. The largest absolute Gasteiger partial charge is 0.508 e. The van der Waals surface area contributed by atoms with Gasteiger partial charge in [-0.1, -0.05) is 45.2 Å². The third-order valence-corrected chi connectivity index (χ3v) is 10.8.